The van der Waals surface area contributed by atoms with E-state index >= 15 is 0 Å². The number of sulfonamides is 1. The number of benzene rings is 2. The predicted octanol–water partition coefficient (Wildman–Crippen LogP) is 2.88. The van der Waals surface area contributed by atoms with Gasteiger partial charge in [0.2, 0.25) is 5.91 Å². The fourth-order valence-electron chi connectivity index (χ4n) is 2.29. The third-order valence-electron chi connectivity index (χ3n) is 3.74. The number of alkyl halides is 3. The van der Waals surface area contributed by atoms with Crippen LogP contribution in [0.3, 0.4) is 0 Å². The number of rotatable bonds is 7. The van der Waals surface area contributed by atoms with Crippen LogP contribution >= 0.6 is 0 Å². The molecule has 10 heteroatoms. The number of amides is 1. The molecule has 28 heavy (non-hydrogen) atoms. The minimum absolute atomic E-state index is 0.0856. The molecule has 0 aliphatic rings. The lowest BCUT2D eigenvalue weighted by molar-refractivity contribution is -0.137. The SMILES string of the molecule is COc1ccc(N(CC(=O)NCC(F)(F)F)S(=O)(=O)c2ccc(C)cc2)cc1. The van der Waals surface area contributed by atoms with Crippen molar-refractivity contribution >= 4 is 21.6 Å². The molecule has 0 saturated heterocycles. The van der Waals surface area contributed by atoms with E-state index in [2.05, 4.69) is 0 Å². The smallest absolute Gasteiger partial charge is 0.405 e. The highest BCUT2D eigenvalue weighted by atomic mass is 32.2. The molecule has 1 amide bonds. The summed E-state index contributed by atoms with van der Waals surface area (Å²) in [4.78, 5) is 11.9. The second-order valence-corrected chi connectivity index (χ2v) is 7.78. The first-order valence-corrected chi connectivity index (χ1v) is 9.54. The van der Waals surface area contributed by atoms with Gasteiger partial charge in [0.05, 0.1) is 17.7 Å². The quantitative estimate of drug-likeness (QED) is 0.753. The monoisotopic (exact) mass is 416 g/mol. The first-order valence-electron chi connectivity index (χ1n) is 8.10. The lowest BCUT2D eigenvalue weighted by Crippen LogP contribution is -2.43. The summed E-state index contributed by atoms with van der Waals surface area (Å²) in [5, 5.41) is 1.68. The van der Waals surface area contributed by atoms with Gasteiger partial charge in [0.15, 0.2) is 0 Å². The second kappa shape index (κ2) is 8.51. The van der Waals surface area contributed by atoms with Gasteiger partial charge in [0, 0.05) is 0 Å². The van der Waals surface area contributed by atoms with Gasteiger partial charge in [-0.1, -0.05) is 17.7 Å². The van der Waals surface area contributed by atoms with Crippen molar-refractivity contribution in [3.63, 3.8) is 0 Å². The molecule has 0 aliphatic heterocycles. The van der Waals surface area contributed by atoms with E-state index in [-0.39, 0.29) is 10.6 Å². The van der Waals surface area contributed by atoms with E-state index in [0.29, 0.717) is 5.75 Å². The number of anilines is 1. The molecule has 0 aliphatic carbocycles. The molecule has 2 aromatic carbocycles. The summed E-state index contributed by atoms with van der Waals surface area (Å²) < 4.78 is 68.8. The van der Waals surface area contributed by atoms with Crippen LogP contribution in [0.25, 0.3) is 0 Å². The van der Waals surface area contributed by atoms with Crippen LogP contribution in [-0.4, -0.2) is 40.7 Å². The number of hydrogen-bond acceptors (Lipinski definition) is 4. The number of nitrogens with one attached hydrogen (secondary N) is 1. The molecule has 6 nitrogen and oxygen atoms in total. The third-order valence-corrected chi connectivity index (χ3v) is 5.53. The molecule has 2 aromatic rings. The van der Waals surface area contributed by atoms with Crippen LogP contribution in [0.5, 0.6) is 5.75 Å². The van der Waals surface area contributed by atoms with Crippen molar-refractivity contribution < 1.29 is 31.1 Å². The van der Waals surface area contributed by atoms with E-state index in [9.17, 15) is 26.4 Å². The first kappa shape index (κ1) is 21.5. The zero-order chi connectivity index (χ0) is 20.9. The van der Waals surface area contributed by atoms with Gasteiger partial charge in [-0.05, 0) is 43.3 Å². The minimum Gasteiger partial charge on any atom is -0.497 e. The van der Waals surface area contributed by atoms with Crippen LogP contribution in [0.2, 0.25) is 0 Å². The molecular formula is C18H19F3N2O4S. The molecule has 1 N–H and O–H groups in total. The fourth-order valence-corrected chi connectivity index (χ4v) is 3.71. The van der Waals surface area contributed by atoms with Gasteiger partial charge in [-0.2, -0.15) is 13.2 Å². The predicted molar refractivity (Wildman–Crippen MR) is 97.8 cm³/mol. The normalized spacial score (nSPS) is 11.8. The summed E-state index contributed by atoms with van der Waals surface area (Å²) in [7, 11) is -2.76. The van der Waals surface area contributed by atoms with Crippen molar-refractivity contribution in [2.75, 3.05) is 24.5 Å². The van der Waals surface area contributed by atoms with Gasteiger partial charge in [0.1, 0.15) is 18.8 Å². The van der Waals surface area contributed by atoms with Crippen LogP contribution in [-0.2, 0) is 14.8 Å². The largest absolute Gasteiger partial charge is 0.497 e. The van der Waals surface area contributed by atoms with E-state index < -0.39 is 35.2 Å². The Bertz CT molecular complexity index is 911. The Labute approximate surface area is 161 Å². The van der Waals surface area contributed by atoms with Crippen LogP contribution in [0, 0.1) is 6.92 Å². The summed E-state index contributed by atoms with van der Waals surface area (Å²) in [5.74, 6) is -0.623. The lowest BCUT2D eigenvalue weighted by Gasteiger charge is -2.24. The Morgan fingerprint density at radius 3 is 2.14 bits per heavy atom. The highest BCUT2D eigenvalue weighted by molar-refractivity contribution is 7.92. The van der Waals surface area contributed by atoms with Crippen LogP contribution in [0.4, 0.5) is 18.9 Å². The van der Waals surface area contributed by atoms with E-state index in [4.69, 9.17) is 4.74 Å². The van der Waals surface area contributed by atoms with Gasteiger partial charge < -0.3 is 10.1 Å². The average Bonchev–Trinajstić information content (AvgIpc) is 2.64. The Balaban J connectivity index is 2.37. The van der Waals surface area contributed by atoms with Crippen molar-refractivity contribution in [2.24, 2.45) is 0 Å². The summed E-state index contributed by atoms with van der Waals surface area (Å²) in [6, 6.07) is 11.7. The molecular weight excluding hydrogens is 397 g/mol. The van der Waals surface area contributed by atoms with E-state index in [1.807, 2.05) is 0 Å². The number of hydrogen-bond donors (Lipinski definition) is 1. The molecule has 2 rings (SSSR count). The standard InChI is InChI=1S/C18H19F3N2O4S/c1-13-3-9-16(10-4-13)28(25,26)23(11-17(24)22-12-18(19,20)21)14-5-7-15(27-2)8-6-14/h3-10H,11-12H2,1-2H3,(H,22,24). The van der Waals surface area contributed by atoms with Crippen molar-refractivity contribution in [2.45, 2.75) is 18.0 Å². The van der Waals surface area contributed by atoms with Gasteiger partial charge >= 0.3 is 6.18 Å². The zero-order valence-electron chi connectivity index (χ0n) is 15.2. The van der Waals surface area contributed by atoms with E-state index in [1.165, 1.54) is 43.5 Å². The molecule has 0 atom stereocenters. The average molecular weight is 416 g/mol. The molecule has 152 valence electrons. The van der Waals surface area contributed by atoms with Crippen molar-refractivity contribution in [1.82, 2.24) is 5.32 Å². The first-order chi connectivity index (χ1) is 13.0. The second-order valence-electron chi connectivity index (χ2n) is 5.91. The van der Waals surface area contributed by atoms with Crippen LogP contribution < -0.4 is 14.4 Å². The number of carbonyl (C=O) groups is 1. The molecule has 0 heterocycles. The maximum atomic E-state index is 13.0. The van der Waals surface area contributed by atoms with Crippen molar-refractivity contribution in [1.29, 1.82) is 0 Å². The summed E-state index contributed by atoms with van der Waals surface area (Å²) in [6.45, 7) is -0.576. The van der Waals surface area contributed by atoms with E-state index in [0.717, 1.165) is 9.87 Å². The van der Waals surface area contributed by atoms with E-state index in [1.54, 1.807) is 24.4 Å². The Kier molecular flexibility index (Phi) is 6.55. The number of methoxy groups -OCH3 is 1. The fraction of sp³-hybridized carbons (Fsp3) is 0.278. The number of aryl methyl sites for hydroxylation is 1. The Morgan fingerprint density at radius 1 is 1.07 bits per heavy atom. The minimum atomic E-state index is -4.60. The maximum Gasteiger partial charge on any atom is 0.405 e. The maximum absolute atomic E-state index is 13.0. The summed E-state index contributed by atoms with van der Waals surface area (Å²) >= 11 is 0. The molecule has 0 spiro atoms. The number of carbonyl (C=O) groups excluding carboxylic acids is 1. The zero-order valence-corrected chi connectivity index (χ0v) is 16.0. The summed E-state index contributed by atoms with van der Waals surface area (Å²) in [5.41, 5.74) is 0.946. The van der Waals surface area contributed by atoms with Crippen LogP contribution in [0.15, 0.2) is 53.4 Å². The number of nitrogens with zero attached hydrogens (tertiary/aromatic N) is 1. The van der Waals surface area contributed by atoms with Gasteiger partial charge in [-0.25, -0.2) is 8.42 Å². The topological polar surface area (TPSA) is 75.7 Å². The molecule has 0 aromatic heterocycles. The molecule has 0 unspecified atom stereocenters. The van der Waals surface area contributed by atoms with Crippen molar-refractivity contribution in [3.05, 3.63) is 54.1 Å². The van der Waals surface area contributed by atoms with Gasteiger partial charge in [-0.3, -0.25) is 9.10 Å². The number of ether oxygens (including phenoxy) is 1. The Morgan fingerprint density at radius 2 is 1.64 bits per heavy atom. The molecule has 0 bridgehead atoms. The molecule has 0 saturated carbocycles. The summed E-state index contributed by atoms with van der Waals surface area (Å²) in [6.07, 6.45) is -4.60. The van der Waals surface area contributed by atoms with Crippen molar-refractivity contribution in [3.8, 4) is 5.75 Å². The lowest BCUT2D eigenvalue weighted by atomic mass is 10.2. The van der Waals surface area contributed by atoms with Gasteiger partial charge in [0.25, 0.3) is 10.0 Å². The molecule has 0 fully saturated rings. The Hall–Kier alpha value is -2.75. The van der Waals surface area contributed by atoms with Gasteiger partial charge in [-0.15, -0.1) is 0 Å². The van der Waals surface area contributed by atoms with Crippen LogP contribution in [0.1, 0.15) is 5.56 Å². The third kappa shape index (κ3) is 5.62. The number of halogens is 3. The highest BCUT2D eigenvalue weighted by Gasteiger charge is 2.30. The molecule has 0 radical (unpaired) electrons. The highest BCUT2D eigenvalue weighted by Crippen LogP contribution is 2.26.